The number of ether oxygens (including phenoxy) is 1. The number of nitrogens with zero attached hydrogens (tertiary/aromatic N) is 3. The lowest BCUT2D eigenvalue weighted by Crippen LogP contribution is -2.16. The number of rotatable bonds is 6. The van der Waals surface area contributed by atoms with Crippen molar-refractivity contribution in [1.82, 2.24) is 14.8 Å². The van der Waals surface area contributed by atoms with Crippen molar-refractivity contribution in [3.63, 3.8) is 0 Å². The number of nitrogens with one attached hydrogen (secondary N) is 1. The van der Waals surface area contributed by atoms with Crippen molar-refractivity contribution in [1.29, 1.82) is 0 Å². The van der Waals surface area contributed by atoms with Gasteiger partial charge < -0.3 is 15.8 Å². The fourth-order valence-electron chi connectivity index (χ4n) is 2.97. The number of nitrogens with two attached hydrogens (primary N) is 1. The van der Waals surface area contributed by atoms with E-state index in [1.807, 2.05) is 6.07 Å². The van der Waals surface area contributed by atoms with E-state index in [9.17, 15) is 9.59 Å². The highest BCUT2D eigenvalue weighted by Gasteiger charge is 2.20. The van der Waals surface area contributed by atoms with Gasteiger partial charge in [-0.05, 0) is 36.1 Å². The van der Waals surface area contributed by atoms with Gasteiger partial charge in [-0.15, -0.1) is 0 Å². The van der Waals surface area contributed by atoms with E-state index in [0.717, 1.165) is 12.1 Å². The van der Waals surface area contributed by atoms with E-state index < -0.39 is 11.8 Å². The minimum absolute atomic E-state index is 0.0702. The zero-order valence-corrected chi connectivity index (χ0v) is 17.5. The Balaban J connectivity index is 1.85. The second kappa shape index (κ2) is 8.36. The van der Waals surface area contributed by atoms with Crippen LogP contribution in [-0.4, -0.2) is 26.6 Å². The monoisotopic (exact) mass is 407 g/mol. The van der Waals surface area contributed by atoms with Crippen LogP contribution >= 0.6 is 0 Å². The van der Waals surface area contributed by atoms with Crippen molar-refractivity contribution >= 4 is 17.6 Å². The first-order valence-electron chi connectivity index (χ1n) is 9.50. The van der Waals surface area contributed by atoms with Gasteiger partial charge in [0.25, 0.3) is 11.8 Å². The molecule has 156 valence electrons. The molecule has 0 bridgehead atoms. The summed E-state index contributed by atoms with van der Waals surface area (Å²) in [7, 11) is 1.77. The Kier molecular flexibility index (Phi) is 5.86. The smallest absolute Gasteiger partial charge is 0.262 e. The van der Waals surface area contributed by atoms with Gasteiger partial charge in [-0.1, -0.05) is 32.9 Å². The van der Waals surface area contributed by atoms with Gasteiger partial charge in [-0.3, -0.25) is 14.3 Å². The van der Waals surface area contributed by atoms with Gasteiger partial charge in [0.1, 0.15) is 17.1 Å². The van der Waals surface area contributed by atoms with Crippen molar-refractivity contribution in [2.24, 2.45) is 18.2 Å². The summed E-state index contributed by atoms with van der Waals surface area (Å²) in [5.41, 5.74) is 6.79. The Morgan fingerprint density at radius 3 is 2.53 bits per heavy atom. The van der Waals surface area contributed by atoms with Gasteiger partial charge in [0.2, 0.25) is 5.88 Å². The molecule has 3 rings (SSSR count). The lowest BCUT2D eigenvalue weighted by atomic mass is 9.91. The maximum Gasteiger partial charge on any atom is 0.262 e. The third-order valence-corrected chi connectivity index (χ3v) is 4.26. The van der Waals surface area contributed by atoms with E-state index in [1.165, 1.54) is 6.20 Å². The highest BCUT2D eigenvalue weighted by atomic mass is 16.5. The molecule has 0 radical (unpaired) electrons. The van der Waals surface area contributed by atoms with Crippen LogP contribution in [0.25, 0.3) is 0 Å². The fraction of sp³-hybridized carbons (Fsp3) is 0.273. The van der Waals surface area contributed by atoms with E-state index in [1.54, 1.807) is 48.1 Å². The predicted molar refractivity (Wildman–Crippen MR) is 114 cm³/mol. The number of para-hydroxylation sites is 1. The Morgan fingerprint density at radius 2 is 1.83 bits per heavy atom. The minimum atomic E-state index is -0.631. The summed E-state index contributed by atoms with van der Waals surface area (Å²) in [5.74, 6) is -0.174. The molecule has 3 aromatic rings. The zero-order chi connectivity index (χ0) is 21.9. The molecule has 8 nitrogen and oxygen atoms in total. The van der Waals surface area contributed by atoms with Crippen LogP contribution in [-0.2, 0) is 13.5 Å². The topological polar surface area (TPSA) is 112 Å². The molecule has 0 spiro atoms. The van der Waals surface area contributed by atoms with Crippen LogP contribution in [0, 0.1) is 5.41 Å². The molecule has 0 aliphatic rings. The molecule has 2 heterocycles. The molecule has 0 saturated carbocycles. The van der Waals surface area contributed by atoms with Crippen LogP contribution in [0.5, 0.6) is 11.6 Å². The molecular weight excluding hydrogens is 382 g/mol. The zero-order valence-electron chi connectivity index (χ0n) is 17.5. The SMILES string of the molecule is Cn1nc(CC(C)(C)C)cc1NC(=O)c1cccnc1Oc1ccccc1C(N)=O. The molecule has 0 atom stereocenters. The summed E-state index contributed by atoms with van der Waals surface area (Å²) in [6.07, 6.45) is 2.28. The van der Waals surface area contributed by atoms with Crippen molar-refractivity contribution in [2.45, 2.75) is 27.2 Å². The average Bonchev–Trinajstić information content (AvgIpc) is 2.99. The first kappa shape index (κ1) is 21.0. The van der Waals surface area contributed by atoms with Crippen LogP contribution in [0.15, 0.2) is 48.7 Å². The van der Waals surface area contributed by atoms with Crippen LogP contribution < -0.4 is 15.8 Å². The number of primary amides is 1. The van der Waals surface area contributed by atoms with Crippen molar-refractivity contribution < 1.29 is 14.3 Å². The Labute approximate surface area is 175 Å². The quantitative estimate of drug-likeness (QED) is 0.649. The first-order valence-corrected chi connectivity index (χ1v) is 9.50. The summed E-state index contributed by atoms with van der Waals surface area (Å²) >= 11 is 0. The molecule has 2 aromatic heterocycles. The molecule has 8 heteroatoms. The van der Waals surface area contributed by atoms with Crippen molar-refractivity contribution in [3.8, 4) is 11.6 Å². The summed E-state index contributed by atoms with van der Waals surface area (Å²) in [4.78, 5) is 28.7. The largest absolute Gasteiger partial charge is 0.437 e. The van der Waals surface area contributed by atoms with Gasteiger partial charge >= 0.3 is 0 Å². The average molecular weight is 407 g/mol. The van der Waals surface area contributed by atoms with Crippen LogP contribution in [0.4, 0.5) is 5.82 Å². The number of anilines is 1. The van der Waals surface area contributed by atoms with Crippen LogP contribution in [0.1, 0.15) is 47.2 Å². The van der Waals surface area contributed by atoms with Crippen LogP contribution in [0.3, 0.4) is 0 Å². The Morgan fingerprint density at radius 1 is 1.13 bits per heavy atom. The Hall–Kier alpha value is -3.68. The summed E-state index contributed by atoms with van der Waals surface area (Å²) in [5, 5.41) is 7.31. The second-order valence-electron chi connectivity index (χ2n) is 8.15. The number of carbonyl (C=O) groups is 2. The van der Waals surface area contributed by atoms with E-state index in [2.05, 4.69) is 36.2 Å². The normalized spacial score (nSPS) is 11.2. The molecule has 0 unspecified atom stereocenters. The maximum absolute atomic E-state index is 12.9. The first-order chi connectivity index (χ1) is 14.1. The fourth-order valence-corrected chi connectivity index (χ4v) is 2.97. The number of carbonyl (C=O) groups excluding carboxylic acids is 2. The third-order valence-electron chi connectivity index (χ3n) is 4.26. The molecule has 30 heavy (non-hydrogen) atoms. The number of hydrogen-bond acceptors (Lipinski definition) is 5. The summed E-state index contributed by atoms with van der Waals surface area (Å²) < 4.78 is 7.39. The van der Waals surface area contributed by atoms with E-state index in [4.69, 9.17) is 10.5 Å². The number of aromatic nitrogens is 3. The molecule has 0 aliphatic carbocycles. The van der Waals surface area contributed by atoms with E-state index >= 15 is 0 Å². The third kappa shape index (κ3) is 5.02. The summed E-state index contributed by atoms with van der Waals surface area (Å²) in [6.45, 7) is 6.38. The lowest BCUT2D eigenvalue weighted by molar-refractivity contribution is 0.0997. The molecule has 0 aliphatic heterocycles. The number of pyridine rings is 1. The van der Waals surface area contributed by atoms with Gasteiger partial charge in [0.15, 0.2) is 0 Å². The molecule has 0 saturated heterocycles. The highest BCUT2D eigenvalue weighted by molar-refractivity contribution is 6.05. The molecule has 2 amide bonds. The van der Waals surface area contributed by atoms with Gasteiger partial charge in [-0.2, -0.15) is 5.10 Å². The molecule has 1 aromatic carbocycles. The minimum Gasteiger partial charge on any atom is -0.437 e. The van der Waals surface area contributed by atoms with Crippen LogP contribution in [0.2, 0.25) is 0 Å². The van der Waals surface area contributed by atoms with E-state index in [-0.39, 0.29) is 28.2 Å². The predicted octanol–water partition coefficient (Wildman–Crippen LogP) is 3.55. The van der Waals surface area contributed by atoms with Gasteiger partial charge in [-0.25, -0.2) is 4.98 Å². The standard InChI is InChI=1S/C22H25N5O3/c1-22(2,3)13-14-12-18(27(4)26-14)25-20(29)16-9-7-11-24-21(16)30-17-10-6-5-8-15(17)19(23)28/h5-12H,13H2,1-4H3,(H2,23,28)(H,25,29). The van der Waals surface area contributed by atoms with Crippen molar-refractivity contribution in [3.05, 3.63) is 65.5 Å². The molecule has 3 N–H and O–H groups in total. The Bertz CT molecular complexity index is 1080. The lowest BCUT2D eigenvalue weighted by Gasteiger charge is -2.15. The van der Waals surface area contributed by atoms with Gasteiger partial charge in [0, 0.05) is 19.3 Å². The van der Waals surface area contributed by atoms with E-state index in [0.29, 0.717) is 5.82 Å². The van der Waals surface area contributed by atoms with Crippen molar-refractivity contribution in [2.75, 3.05) is 5.32 Å². The highest BCUT2D eigenvalue weighted by Crippen LogP contribution is 2.27. The second-order valence-corrected chi connectivity index (χ2v) is 8.15. The molecule has 0 fully saturated rings. The number of benzene rings is 1. The molecular formula is C22H25N5O3. The summed E-state index contributed by atoms with van der Waals surface area (Å²) in [6, 6.07) is 11.6. The van der Waals surface area contributed by atoms with Gasteiger partial charge in [0.05, 0.1) is 11.3 Å². The number of aryl methyl sites for hydroxylation is 1. The number of amides is 2. The maximum atomic E-state index is 12.9. The number of hydrogen-bond donors (Lipinski definition) is 2.